The Morgan fingerprint density at radius 3 is 0.800 bits per heavy atom. The highest BCUT2D eigenvalue weighted by Crippen LogP contribution is 2.46. The summed E-state index contributed by atoms with van der Waals surface area (Å²) >= 11 is 0. The molecule has 0 aliphatic carbocycles. The molecular formula is C52H35BO2. The molecule has 0 unspecified atom stereocenters. The fourth-order valence-corrected chi connectivity index (χ4v) is 8.32. The molecule has 0 saturated heterocycles. The average molecular weight is 703 g/mol. The van der Waals surface area contributed by atoms with Crippen LogP contribution in [0.3, 0.4) is 0 Å². The van der Waals surface area contributed by atoms with Gasteiger partial charge in [-0.25, -0.2) is 0 Å². The molecule has 0 fully saturated rings. The van der Waals surface area contributed by atoms with Crippen LogP contribution in [0.5, 0.6) is 11.5 Å². The quantitative estimate of drug-likeness (QED) is 0.116. The predicted octanol–water partition coefficient (Wildman–Crippen LogP) is 13.7. The third-order valence-electron chi connectivity index (χ3n) is 10.7. The molecule has 10 rings (SSSR count). The second kappa shape index (κ2) is 14.0. The lowest BCUT2D eigenvalue weighted by Crippen LogP contribution is -2.11. The van der Waals surface area contributed by atoms with Crippen LogP contribution in [0.1, 0.15) is 0 Å². The van der Waals surface area contributed by atoms with Crippen LogP contribution in [-0.4, -0.2) is 7.69 Å². The van der Waals surface area contributed by atoms with E-state index in [0.29, 0.717) is 0 Å². The van der Waals surface area contributed by atoms with Crippen LogP contribution in [0.4, 0.5) is 0 Å². The van der Waals surface area contributed by atoms with Gasteiger partial charge in [-0.05, 0) is 112 Å². The average Bonchev–Trinajstić information content (AvgIpc) is 3.25. The number of fused-ring (bicyclic) bond motifs is 4. The molecule has 10 aromatic rings. The third-order valence-corrected chi connectivity index (χ3v) is 10.7. The van der Waals surface area contributed by atoms with E-state index in [4.69, 9.17) is 9.31 Å². The molecule has 0 saturated carbocycles. The lowest BCUT2D eigenvalue weighted by molar-refractivity contribution is 0.460. The Morgan fingerprint density at radius 1 is 0.236 bits per heavy atom. The minimum Gasteiger partial charge on any atom is -0.529 e. The number of benzene rings is 10. The molecule has 0 aliphatic heterocycles. The van der Waals surface area contributed by atoms with Crippen LogP contribution in [0.25, 0.3) is 87.6 Å². The molecule has 3 heteroatoms. The monoisotopic (exact) mass is 702 g/mol. The van der Waals surface area contributed by atoms with Gasteiger partial charge in [0.25, 0.3) is 0 Å². The molecule has 0 aliphatic rings. The van der Waals surface area contributed by atoms with Gasteiger partial charge >= 0.3 is 7.69 Å². The lowest BCUT2D eigenvalue weighted by Gasteiger charge is -2.19. The van der Waals surface area contributed by atoms with Gasteiger partial charge < -0.3 is 9.31 Å². The van der Waals surface area contributed by atoms with Crippen molar-refractivity contribution in [2.24, 2.45) is 0 Å². The second-order valence-corrected chi connectivity index (χ2v) is 13.9. The fourth-order valence-electron chi connectivity index (χ4n) is 8.32. The first-order valence-corrected chi connectivity index (χ1v) is 18.8. The molecule has 10 aromatic carbocycles. The van der Waals surface area contributed by atoms with Gasteiger partial charge in [-0.2, -0.15) is 0 Å². The smallest absolute Gasteiger partial charge is 0.529 e. The van der Waals surface area contributed by atoms with Crippen LogP contribution < -0.4 is 9.31 Å². The van der Waals surface area contributed by atoms with E-state index < -0.39 is 0 Å². The maximum absolute atomic E-state index is 6.43. The van der Waals surface area contributed by atoms with Gasteiger partial charge in [0, 0.05) is 0 Å². The summed E-state index contributed by atoms with van der Waals surface area (Å²) in [6.45, 7) is 0. The van der Waals surface area contributed by atoms with Crippen LogP contribution in [0, 0.1) is 0 Å². The van der Waals surface area contributed by atoms with Crippen molar-refractivity contribution < 1.29 is 9.31 Å². The predicted molar refractivity (Wildman–Crippen MR) is 233 cm³/mol. The first kappa shape index (κ1) is 32.5. The van der Waals surface area contributed by atoms with Crippen molar-refractivity contribution >= 4 is 50.8 Å². The van der Waals surface area contributed by atoms with Gasteiger partial charge in [0.1, 0.15) is 11.5 Å². The molecule has 0 heterocycles. The summed E-state index contributed by atoms with van der Waals surface area (Å²) < 4.78 is 12.9. The summed E-state index contributed by atoms with van der Waals surface area (Å²) in [5.41, 5.74) is 9.56. The van der Waals surface area contributed by atoms with Crippen molar-refractivity contribution in [3.63, 3.8) is 0 Å². The van der Waals surface area contributed by atoms with Gasteiger partial charge in [-0.15, -0.1) is 0 Å². The van der Waals surface area contributed by atoms with Crippen molar-refractivity contribution in [3.8, 4) is 56.0 Å². The van der Waals surface area contributed by atoms with E-state index in [1.54, 1.807) is 0 Å². The van der Waals surface area contributed by atoms with Crippen molar-refractivity contribution in [2.45, 2.75) is 0 Å². The van der Waals surface area contributed by atoms with Crippen LogP contribution >= 0.6 is 0 Å². The van der Waals surface area contributed by atoms with Crippen LogP contribution in [0.2, 0.25) is 0 Å². The number of hydrogen-bond acceptors (Lipinski definition) is 2. The Balaban J connectivity index is 1.06. The summed E-state index contributed by atoms with van der Waals surface area (Å²) in [4.78, 5) is 0. The molecule has 0 radical (unpaired) electrons. The molecule has 0 amide bonds. The van der Waals surface area contributed by atoms with E-state index in [1.165, 1.54) is 76.8 Å². The van der Waals surface area contributed by atoms with Gasteiger partial charge in [-0.3, -0.25) is 0 Å². The highest BCUT2D eigenvalue weighted by atomic mass is 16.6. The van der Waals surface area contributed by atoms with E-state index in [0.717, 1.165) is 22.3 Å². The maximum atomic E-state index is 6.43. The molecule has 0 atom stereocenters. The molecule has 0 spiro atoms. The molecule has 2 nitrogen and oxygen atoms in total. The van der Waals surface area contributed by atoms with Gasteiger partial charge in [-0.1, -0.05) is 182 Å². The normalized spacial score (nSPS) is 11.3. The van der Waals surface area contributed by atoms with E-state index >= 15 is 0 Å². The van der Waals surface area contributed by atoms with Gasteiger partial charge in [0.2, 0.25) is 0 Å². The summed E-state index contributed by atoms with van der Waals surface area (Å²) in [7, 11) is 0.0661. The molecule has 0 N–H and O–H groups in total. The maximum Gasteiger partial charge on any atom is 0.576 e. The number of hydrogen-bond donors (Lipinski definition) is 0. The molecule has 0 bridgehead atoms. The first-order chi connectivity index (χ1) is 27.3. The van der Waals surface area contributed by atoms with E-state index in [9.17, 15) is 0 Å². The Morgan fingerprint density at radius 2 is 0.491 bits per heavy atom. The molecular weight excluding hydrogens is 667 g/mol. The van der Waals surface area contributed by atoms with Crippen molar-refractivity contribution in [1.29, 1.82) is 0 Å². The summed E-state index contributed by atoms with van der Waals surface area (Å²) in [6.07, 6.45) is 0. The van der Waals surface area contributed by atoms with Crippen LogP contribution in [0.15, 0.2) is 206 Å². The second-order valence-electron chi connectivity index (χ2n) is 13.9. The minimum atomic E-state index is 0.0661. The van der Waals surface area contributed by atoms with Gasteiger partial charge in [0.15, 0.2) is 0 Å². The molecule has 258 valence electrons. The molecule has 55 heavy (non-hydrogen) atoms. The minimum absolute atomic E-state index is 0.0661. The summed E-state index contributed by atoms with van der Waals surface area (Å²) in [5, 5.41) is 9.52. The third kappa shape index (κ3) is 5.87. The Kier molecular flexibility index (Phi) is 8.31. The van der Waals surface area contributed by atoms with Crippen molar-refractivity contribution in [3.05, 3.63) is 206 Å². The summed E-state index contributed by atoms with van der Waals surface area (Å²) in [5.74, 6) is 1.50. The van der Waals surface area contributed by atoms with Crippen molar-refractivity contribution in [2.75, 3.05) is 0 Å². The Bertz CT molecular complexity index is 2770. The van der Waals surface area contributed by atoms with E-state index in [-0.39, 0.29) is 7.69 Å². The van der Waals surface area contributed by atoms with Crippen LogP contribution in [-0.2, 0) is 0 Å². The summed E-state index contributed by atoms with van der Waals surface area (Å²) in [6, 6.07) is 73.0. The molecule has 0 aromatic heterocycles. The lowest BCUT2D eigenvalue weighted by atomic mass is 9.86. The van der Waals surface area contributed by atoms with E-state index in [1.807, 2.05) is 0 Å². The highest BCUT2D eigenvalue weighted by Gasteiger charge is 2.19. The standard InChI is InChI=1S/C52H35BO2/c1-5-17-35(18-6-1)49-41-25-13-15-27-43(41)51(37-21-9-3-10-22-37)47-33-39(29-31-45(47)49)54-53-55-40-30-32-46-48(34-40)52(38-23-11-4-12-24-38)44-28-16-14-26-42(44)50(46)36-19-7-2-8-20-36/h1-34,53H. The fraction of sp³-hybridized carbons (Fsp3) is 0. The highest BCUT2D eigenvalue weighted by molar-refractivity contribution is 6.24. The first-order valence-electron chi connectivity index (χ1n) is 18.8. The van der Waals surface area contributed by atoms with Gasteiger partial charge in [0.05, 0.1) is 0 Å². The zero-order valence-corrected chi connectivity index (χ0v) is 30.2. The van der Waals surface area contributed by atoms with Crippen molar-refractivity contribution in [1.82, 2.24) is 0 Å². The zero-order valence-electron chi connectivity index (χ0n) is 30.2. The SMILES string of the molecule is B(Oc1ccc2c(-c3ccccc3)c3ccccc3c(-c3ccccc3)c2c1)Oc1ccc2c(-c3ccccc3)c3ccccc3c(-c3ccccc3)c2c1. The zero-order chi connectivity index (χ0) is 36.6. The topological polar surface area (TPSA) is 18.5 Å². The Labute approximate surface area is 321 Å². The van der Waals surface area contributed by atoms with E-state index in [2.05, 4.69) is 206 Å². The Hall–Kier alpha value is -7.10. The largest absolute Gasteiger partial charge is 0.576 e. The number of rotatable bonds is 8.